The topological polar surface area (TPSA) is 57.2 Å². The molecule has 6 nitrogen and oxygen atoms in total. The third kappa shape index (κ3) is 6.21. The van der Waals surface area contributed by atoms with Crippen molar-refractivity contribution >= 4 is 33.7 Å². The Labute approximate surface area is 203 Å². The van der Waals surface area contributed by atoms with Crippen molar-refractivity contribution in [2.24, 2.45) is 5.10 Å². The number of anilines is 1. The van der Waals surface area contributed by atoms with Crippen LogP contribution in [0.2, 0.25) is 0 Å². The van der Waals surface area contributed by atoms with Crippen molar-refractivity contribution in [3.63, 3.8) is 0 Å². The molecule has 0 radical (unpaired) electrons. The predicted octanol–water partition coefficient (Wildman–Crippen LogP) is 4.54. The zero-order valence-corrected chi connectivity index (χ0v) is 20.2. The van der Waals surface area contributed by atoms with Crippen LogP contribution in [0.4, 0.5) is 5.69 Å². The number of carbonyl (C=O) groups excluding carboxylic acids is 1. The number of hydrogen-bond acceptors (Lipinski definition) is 5. The number of rotatable bonds is 7. The maximum Gasteiger partial charge on any atom is 0.271 e. The molecule has 1 heterocycles. The summed E-state index contributed by atoms with van der Waals surface area (Å²) in [4.78, 5) is 17.2. The fourth-order valence-electron chi connectivity index (χ4n) is 3.84. The zero-order valence-electron chi connectivity index (χ0n) is 18.6. The van der Waals surface area contributed by atoms with Gasteiger partial charge < -0.3 is 9.64 Å². The molecule has 170 valence electrons. The van der Waals surface area contributed by atoms with Gasteiger partial charge in [-0.2, -0.15) is 5.10 Å². The molecule has 0 atom stereocenters. The van der Waals surface area contributed by atoms with Gasteiger partial charge in [0, 0.05) is 42.8 Å². The highest BCUT2D eigenvalue weighted by molar-refractivity contribution is 9.10. The van der Waals surface area contributed by atoms with Gasteiger partial charge in [-0.1, -0.05) is 52.3 Å². The number of hydrazone groups is 1. The Hall–Kier alpha value is -3.16. The Morgan fingerprint density at radius 1 is 1.00 bits per heavy atom. The number of carbonyl (C=O) groups is 1. The minimum absolute atomic E-state index is 0.222. The van der Waals surface area contributed by atoms with Crippen molar-refractivity contribution in [1.29, 1.82) is 0 Å². The first-order chi connectivity index (χ1) is 16.1. The number of hydrogen-bond donors (Lipinski definition) is 1. The largest absolute Gasteiger partial charge is 0.495 e. The number of methoxy groups -OCH3 is 1. The van der Waals surface area contributed by atoms with Gasteiger partial charge in [0.1, 0.15) is 5.75 Å². The standard InChI is InChI=1S/C26H27BrN4O2/c1-33-25-5-3-2-4-24(25)31-16-14-30(15-17-31)19-21-6-10-22(11-7-21)26(32)29-28-18-20-8-12-23(27)13-9-20/h2-13,18H,14-17,19H2,1H3,(H,29,32)/b28-18-. The number of piperazine rings is 1. The monoisotopic (exact) mass is 506 g/mol. The van der Waals surface area contributed by atoms with Crippen LogP contribution in [0.3, 0.4) is 0 Å². The van der Waals surface area contributed by atoms with E-state index < -0.39 is 0 Å². The van der Waals surface area contributed by atoms with Gasteiger partial charge in [-0.15, -0.1) is 0 Å². The van der Waals surface area contributed by atoms with Crippen molar-refractivity contribution < 1.29 is 9.53 Å². The van der Waals surface area contributed by atoms with Crippen molar-refractivity contribution in [1.82, 2.24) is 10.3 Å². The summed E-state index contributed by atoms with van der Waals surface area (Å²) < 4.78 is 6.51. The number of nitrogens with one attached hydrogen (secondary N) is 1. The van der Waals surface area contributed by atoms with Gasteiger partial charge in [-0.3, -0.25) is 9.69 Å². The van der Waals surface area contributed by atoms with E-state index in [1.54, 1.807) is 13.3 Å². The number of amides is 1. The lowest BCUT2D eigenvalue weighted by Gasteiger charge is -2.36. The van der Waals surface area contributed by atoms with Crippen LogP contribution in [-0.2, 0) is 6.54 Å². The Bertz CT molecular complexity index is 1090. The lowest BCUT2D eigenvalue weighted by molar-refractivity contribution is 0.0955. The van der Waals surface area contributed by atoms with E-state index in [1.165, 1.54) is 5.56 Å². The highest BCUT2D eigenvalue weighted by Crippen LogP contribution is 2.28. The summed E-state index contributed by atoms with van der Waals surface area (Å²) in [6.45, 7) is 4.73. The van der Waals surface area contributed by atoms with Crippen LogP contribution >= 0.6 is 15.9 Å². The van der Waals surface area contributed by atoms with Crippen molar-refractivity contribution in [2.45, 2.75) is 6.54 Å². The summed E-state index contributed by atoms with van der Waals surface area (Å²) in [5.74, 6) is 0.696. The smallest absolute Gasteiger partial charge is 0.271 e. The molecule has 3 aromatic carbocycles. The molecule has 1 N–H and O–H groups in total. The third-order valence-corrected chi connectivity index (χ3v) is 6.20. The fraction of sp³-hybridized carbons (Fsp3) is 0.231. The minimum Gasteiger partial charge on any atom is -0.495 e. The molecule has 33 heavy (non-hydrogen) atoms. The van der Waals surface area contributed by atoms with E-state index in [4.69, 9.17) is 4.74 Å². The zero-order chi connectivity index (χ0) is 23.0. The van der Waals surface area contributed by atoms with Crippen molar-refractivity contribution in [3.05, 3.63) is 94.0 Å². The summed E-state index contributed by atoms with van der Waals surface area (Å²) >= 11 is 3.40. The summed E-state index contributed by atoms with van der Waals surface area (Å²) in [5.41, 5.74) is 6.43. The molecule has 0 unspecified atom stereocenters. The molecule has 0 aliphatic carbocycles. The molecule has 3 aromatic rings. The first kappa shape index (κ1) is 23.0. The molecule has 0 saturated carbocycles. The molecule has 0 bridgehead atoms. The van der Waals surface area contributed by atoms with E-state index in [0.29, 0.717) is 5.56 Å². The van der Waals surface area contributed by atoms with Gasteiger partial charge in [0.25, 0.3) is 5.91 Å². The van der Waals surface area contributed by atoms with Crippen LogP contribution in [0.25, 0.3) is 0 Å². The molecule has 7 heteroatoms. The highest BCUT2D eigenvalue weighted by atomic mass is 79.9. The first-order valence-electron chi connectivity index (χ1n) is 10.9. The molecule has 1 aliphatic rings. The van der Waals surface area contributed by atoms with E-state index >= 15 is 0 Å². The van der Waals surface area contributed by atoms with Crippen LogP contribution in [-0.4, -0.2) is 50.3 Å². The molecule has 0 spiro atoms. The van der Waals surface area contributed by atoms with Gasteiger partial charge in [0.05, 0.1) is 19.0 Å². The van der Waals surface area contributed by atoms with Gasteiger partial charge in [-0.05, 0) is 47.5 Å². The van der Waals surface area contributed by atoms with Crippen LogP contribution < -0.4 is 15.1 Å². The molecule has 1 amide bonds. The second kappa shape index (κ2) is 11.1. The summed E-state index contributed by atoms with van der Waals surface area (Å²) in [7, 11) is 1.72. The Morgan fingerprint density at radius 3 is 2.39 bits per heavy atom. The molecule has 0 aromatic heterocycles. The number of para-hydroxylation sites is 2. The van der Waals surface area contributed by atoms with Gasteiger partial charge in [0.2, 0.25) is 0 Å². The summed E-state index contributed by atoms with van der Waals surface area (Å²) in [6.07, 6.45) is 1.63. The van der Waals surface area contributed by atoms with Crippen LogP contribution in [0.1, 0.15) is 21.5 Å². The number of benzene rings is 3. The second-order valence-corrected chi connectivity index (χ2v) is 8.80. The Balaban J connectivity index is 1.26. The minimum atomic E-state index is -0.222. The molecular formula is C26H27BrN4O2. The lowest BCUT2D eigenvalue weighted by Crippen LogP contribution is -2.46. The number of ether oxygens (including phenoxy) is 1. The van der Waals surface area contributed by atoms with Gasteiger partial charge in [0.15, 0.2) is 0 Å². The molecular weight excluding hydrogens is 480 g/mol. The number of nitrogens with zero attached hydrogens (tertiary/aromatic N) is 3. The molecule has 4 rings (SSSR count). The second-order valence-electron chi connectivity index (χ2n) is 7.88. The Morgan fingerprint density at radius 2 is 1.70 bits per heavy atom. The van der Waals surface area contributed by atoms with Gasteiger partial charge >= 0.3 is 0 Å². The third-order valence-electron chi connectivity index (χ3n) is 5.67. The van der Waals surface area contributed by atoms with E-state index in [2.05, 4.69) is 42.3 Å². The van der Waals surface area contributed by atoms with Crippen molar-refractivity contribution in [3.8, 4) is 5.75 Å². The molecule has 1 fully saturated rings. The number of halogens is 1. The lowest BCUT2D eigenvalue weighted by atomic mass is 10.1. The maximum atomic E-state index is 12.4. The van der Waals surface area contributed by atoms with Crippen molar-refractivity contribution in [2.75, 3.05) is 38.2 Å². The van der Waals surface area contributed by atoms with Crippen LogP contribution in [0, 0.1) is 0 Å². The van der Waals surface area contributed by atoms with Gasteiger partial charge in [-0.25, -0.2) is 5.43 Å². The van der Waals surface area contributed by atoms with Crippen LogP contribution in [0.15, 0.2) is 82.4 Å². The first-order valence-corrected chi connectivity index (χ1v) is 11.7. The summed E-state index contributed by atoms with van der Waals surface area (Å²) in [5, 5.41) is 4.05. The fourth-order valence-corrected chi connectivity index (χ4v) is 4.10. The van der Waals surface area contributed by atoms with E-state index in [0.717, 1.165) is 54.2 Å². The maximum absolute atomic E-state index is 12.4. The average molecular weight is 507 g/mol. The normalized spacial score (nSPS) is 14.4. The SMILES string of the molecule is COc1ccccc1N1CCN(Cc2ccc(C(=O)N/N=C\c3ccc(Br)cc3)cc2)CC1. The highest BCUT2D eigenvalue weighted by Gasteiger charge is 2.19. The Kier molecular flexibility index (Phi) is 7.75. The van der Waals surface area contributed by atoms with Crippen LogP contribution in [0.5, 0.6) is 5.75 Å². The van der Waals surface area contributed by atoms with E-state index in [9.17, 15) is 4.79 Å². The predicted molar refractivity (Wildman–Crippen MR) is 136 cm³/mol. The average Bonchev–Trinajstić information content (AvgIpc) is 2.86. The van der Waals surface area contributed by atoms with E-state index in [-0.39, 0.29) is 5.91 Å². The quantitative estimate of drug-likeness (QED) is 0.377. The van der Waals surface area contributed by atoms with E-state index in [1.807, 2.05) is 66.7 Å². The summed E-state index contributed by atoms with van der Waals surface area (Å²) in [6, 6.07) is 23.6. The molecule has 1 saturated heterocycles. The molecule has 1 aliphatic heterocycles.